The van der Waals surface area contributed by atoms with Crippen LogP contribution in [-0.2, 0) is 0 Å². The maximum atomic E-state index is 11.3. The molecule has 3 atom stereocenters. The lowest BCUT2D eigenvalue weighted by Crippen LogP contribution is -2.29. The molecule has 26 heavy (non-hydrogen) atoms. The second-order valence-corrected chi connectivity index (χ2v) is 6.69. The van der Waals surface area contributed by atoms with Gasteiger partial charge in [0.1, 0.15) is 11.5 Å². The second-order valence-electron chi connectivity index (χ2n) is 6.69. The molecular weight excluding hydrogens is 330 g/mol. The number of aromatic carboxylic acids is 1. The van der Waals surface area contributed by atoms with Gasteiger partial charge in [0.05, 0.1) is 25.8 Å². The molecule has 1 aliphatic carbocycles. The predicted octanol–water partition coefficient (Wildman–Crippen LogP) is 4.23. The fraction of sp³-hybridized carbons (Fsp3) is 0.286. The van der Waals surface area contributed by atoms with Crippen LogP contribution in [0.25, 0.3) is 0 Å². The zero-order valence-corrected chi connectivity index (χ0v) is 14.7. The number of ether oxygens (including phenoxy) is 2. The van der Waals surface area contributed by atoms with Crippen molar-refractivity contribution in [1.29, 1.82) is 0 Å². The van der Waals surface area contributed by atoms with Crippen LogP contribution in [0.4, 0.5) is 5.69 Å². The van der Waals surface area contributed by atoms with Crippen molar-refractivity contribution >= 4 is 11.7 Å². The standard InChI is InChI=1S/C21H21NO4/c1-25-13-7-9-19(26-2)17(11-13)20-15-5-3-4-14(15)16-10-12(21(23)24)6-8-18(16)22-20/h3-4,6-11,14-15,20,22H,5H2,1-2H3,(H,23,24)/t14-,15-,20-/m0/s1. The normalized spacial score (nSPS) is 22.9. The molecule has 0 bridgehead atoms. The molecule has 2 aromatic rings. The lowest BCUT2D eigenvalue weighted by molar-refractivity contribution is 0.0696. The highest BCUT2D eigenvalue weighted by Crippen LogP contribution is 2.51. The Labute approximate surface area is 152 Å². The average Bonchev–Trinajstić information content (AvgIpc) is 3.16. The highest BCUT2D eigenvalue weighted by Gasteiger charge is 2.39. The summed E-state index contributed by atoms with van der Waals surface area (Å²) in [6, 6.07) is 11.2. The first-order valence-electron chi connectivity index (χ1n) is 8.64. The number of carboxylic acids is 1. The summed E-state index contributed by atoms with van der Waals surface area (Å²) < 4.78 is 11.0. The van der Waals surface area contributed by atoms with Gasteiger partial charge in [-0.25, -0.2) is 4.79 Å². The van der Waals surface area contributed by atoms with Gasteiger partial charge in [-0.3, -0.25) is 0 Å². The Morgan fingerprint density at radius 3 is 2.69 bits per heavy atom. The van der Waals surface area contributed by atoms with Crippen LogP contribution in [0.5, 0.6) is 11.5 Å². The minimum absolute atomic E-state index is 0.0585. The molecule has 4 rings (SSSR count). The smallest absolute Gasteiger partial charge is 0.335 e. The Bertz CT molecular complexity index is 890. The van der Waals surface area contributed by atoms with Gasteiger partial charge in [0.25, 0.3) is 0 Å². The van der Waals surface area contributed by atoms with Gasteiger partial charge in [0.15, 0.2) is 0 Å². The van der Waals surface area contributed by atoms with Crippen LogP contribution in [0.15, 0.2) is 48.6 Å². The molecule has 0 radical (unpaired) electrons. The lowest BCUT2D eigenvalue weighted by Gasteiger charge is -2.38. The summed E-state index contributed by atoms with van der Waals surface area (Å²) in [6.45, 7) is 0. The van der Waals surface area contributed by atoms with Crippen molar-refractivity contribution in [2.24, 2.45) is 5.92 Å². The monoisotopic (exact) mass is 351 g/mol. The van der Waals surface area contributed by atoms with E-state index in [0.29, 0.717) is 11.5 Å². The van der Waals surface area contributed by atoms with Crippen molar-refractivity contribution < 1.29 is 19.4 Å². The fourth-order valence-corrected chi connectivity index (χ4v) is 4.12. The summed E-state index contributed by atoms with van der Waals surface area (Å²) in [5.74, 6) is 1.19. The fourth-order valence-electron chi connectivity index (χ4n) is 4.12. The van der Waals surface area contributed by atoms with E-state index in [0.717, 1.165) is 34.7 Å². The van der Waals surface area contributed by atoms with E-state index in [9.17, 15) is 9.90 Å². The highest BCUT2D eigenvalue weighted by atomic mass is 16.5. The van der Waals surface area contributed by atoms with Crippen molar-refractivity contribution in [3.8, 4) is 11.5 Å². The van der Waals surface area contributed by atoms with Crippen LogP contribution in [-0.4, -0.2) is 25.3 Å². The first-order chi connectivity index (χ1) is 12.6. The van der Waals surface area contributed by atoms with E-state index in [-0.39, 0.29) is 12.0 Å². The maximum Gasteiger partial charge on any atom is 0.335 e. The van der Waals surface area contributed by atoms with E-state index in [1.54, 1.807) is 26.4 Å². The lowest BCUT2D eigenvalue weighted by atomic mass is 9.76. The Kier molecular flexibility index (Phi) is 4.07. The molecule has 0 spiro atoms. The molecule has 0 saturated heterocycles. The molecule has 2 N–H and O–H groups in total. The van der Waals surface area contributed by atoms with E-state index in [2.05, 4.69) is 17.5 Å². The van der Waals surface area contributed by atoms with Crippen molar-refractivity contribution in [2.45, 2.75) is 18.4 Å². The van der Waals surface area contributed by atoms with Crippen LogP contribution in [0.2, 0.25) is 0 Å². The van der Waals surface area contributed by atoms with Crippen molar-refractivity contribution in [3.63, 3.8) is 0 Å². The third-order valence-electron chi connectivity index (χ3n) is 5.38. The molecule has 2 aromatic carbocycles. The van der Waals surface area contributed by atoms with E-state index in [1.807, 2.05) is 24.3 Å². The number of hydrogen-bond acceptors (Lipinski definition) is 4. The molecule has 0 amide bonds. The quantitative estimate of drug-likeness (QED) is 0.807. The van der Waals surface area contributed by atoms with Gasteiger partial charge in [0.2, 0.25) is 0 Å². The Hall–Kier alpha value is -2.95. The van der Waals surface area contributed by atoms with Crippen molar-refractivity contribution in [3.05, 3.63) is 65.2 Å². The SMILES string of the molecule is COc1ccc(OC)c([C@H]2Nc3ccc(C(=O)O)cc3[C@H]3C=CC[C@@H]32)c1. The third-order valence-corrected chi connectivity index (χ3v) is 5.38. The Morgan fingerprint density at radius 2 is 1.96 bits per heavy atom. The number of carbonyl (C=O) groups is 1. The number of allylic oxidation sites excluding steroid dienone is 2. The van der Waals surface area contributed by atoms with E-state index < -0.39 is 5.97 Å². The molecule has 1 heterocycles. The molecule has 1 aliphatic heterocycles. The van der Waals surface area contributed by atoms with E-state index in [4.69, 9.17) is 9.47 Å². The largest absolute Gasteiger partial charge is 0.497 e. The summed E-state index contributed by atoms with van der Waals surface area (Å²) in [7, 11) is 3.33. The second kappa shape index (κ2) is 6.41. The zero-order chi connectivity index (χ0) is 18.3. The van der Waals surface area contributed by atoms with Crippen molar-refractivity contribution in [1.82, 2.24) is 0 Å². The average molecular weight is 351 g/mol. The molecule has 5 heteroatoms. The summed E-state index contributed by atoms with van der Waals surface area (Å²) in [5, 5.41) is 12.9. The van der Waals surface area contributed by atoms with Gasteiger partial charge in [-0.1, -0.05) is 12.2 Å². The van der Waals surface area contributed by atoms with Gasteiger partial charge >= 0.3 is 5.97 Å². The number of benzene rings is 2. The van der Waals surface area contributed by atoms with Crippen LogP contribution < -0.4 is 14.8 Å². The molecular formula is C21H21NO4. The van der Waals surface area contributed by atoms with E-state index in [1.165, 1.54) is 0 Å². The number of anilines is 1. The van der Waals surface area contributed by atoms with Crippen LogP contribution in [0, 0.1) is 5.92 Å². The Morgan fingerprint density at radius 1 is 1.12 bits per heavy atom. The Balaban J connectivity index is 1.80. The summed E-state index contributed by atoms with van der Waals surface area (Å²) in [5.41, 5.74) is 3.39. The van der Waals surface area contributed by atoms with Crippen LogP contribution in [0.1, 0.15) is 39.9 Å². The topological polar surface area (TPSA) is 67.8 Å². The molecule has 0 saturated carbocycles. The number of fused-ring (bicyclic) bond motifs is 3. The summed E-state index contributed by atoms with van der Waals surface area (Å²) in [6.07, 6.45) is 5.30. The molecule has 0 aromatic heterocycles. The zero-order valence-electron chi connectivity index (χ0n) is 14.7. The number of carboxylic acid groups (broad SMARTS) is 1. The highest BCUT2D eigenvalue weighted by molar-refractivity contribution is 5.89. The molecule has 5 nitrogen and oxygen atoms in total. The number of nitrogens with one attached hydrogen (secondary N) is 1. The molecule has 134 valence electrons. The van der Waals surface area contributed by atoms with Crippen molar-refractivity contribution in [2.75, 3.05) is 19.5 Å². The number of methoxy groups -OCH3 is 2. The first-order valence-corrected chi connectivity index (χ1v) is 8.64. The minimum Gasteiger partial charge on any atom is -0.497 e. The number of hydrogen-bond donors (Lipinski definition) is 2. The minimum atomic E-state index is -0.900. The summed E-state index contributed by atoms with van der Waals surface area (Å²) >= 11 is 0. The number of rotatable bonds is 4. The van der Waals surface area contributed by atoms with Gasteiger partial charge < -0.3 is 19.9 Å². The molecule has 2 aliphatic rings. The van der Waals surface area contributed by atoms with E-state index >= 15 is 0 Å². The van der Waals surface area contributed by atoms with Crippen LogP contribution in [0.3, 0.4) is 0 Å². The maximum absolute atomic E-state index is 11.3. The molecule has 0 unspecified atom stereocenters. The van der Waals surface area contributed by atoms with Gasteiger partial charge in [-0.05, 0) is 54.3 Å². The van der Waals surface area contributed by atoms with Gasteiger partial charge in [0, 0.05) is 17.2 Å². The predicted molar refractivity (Wildman–Crippen MR) is 99.3 cm³/mol. The van der Waals surface area contributed by atoms with Gasteiger partial charge in [-0.2, -0.15) is 0 Å². The first kappa shape index (κ1) is 16.5. The third kappa shape index (κ3) is 2.60. The summed E-state index contributed by atoms with van der Waals surface area (Å²) in [4.78, 5) is 11.3. The van der Waals surface area contributed by atoms with Crippen LogP contribution >= 0.6 is 0 Å². The van der Waals surface area contributed by atoms with Gasteiger partial charge in [-0.15, -0.1) is 0 Å². The molecule has 0 fully saturated rings.